The number of carboxylic acids is 1. The predicted octanol–water partition coefficient (Wildman–Crippen LogP) is 2.70. The molecule has 0 saturated carbocycles. The second kappa shape index (κ2) is 6.37. The fourth-order valence-corrected chi connectivity index (χ4v) is 2.43. The maximum Gasteiger partial charge on any atom is 0.335 e. The van der Waals surface area contributed by atoms with E-state index in [9.17, 15) is 9.59 Å². The third kappa shape index (κ3) is 3.47. The molecule has 0 bridgehead atoms. The van der Waals surface area contributed by atoms with E-state index in [0.717, 1.165) is 24.8 Å². The number of hydrogen-bond donors (Lipinski definition) is 1. The van der Waals surface area contributed by atoms with Crippen molar-refractivity contribution in [2.24, 2.45) is 5.92 Å². The first-order chi connectivity index (χ1) is 9.58. The molecule has 0 aliphatic heterocycles. The SMILES string of the molecule is CN(Cc1ccc(C(=O)O)cc1)C(=O)C1CC=CCC1. The molecular weight excluding hydrogens is 254 g/mol. The smallest absolute Gasteiger partial charge is 0.335 e. The van der Waals surface area contributed by atoms with Crippen LogP contribution in [0.15, 0.2) is 36.4 Å². The van der Waals surface area contributed by atoms with Crippen LogP contribution in [0.5, 0.6) is 0 Å². The average molecular weight is 273 g/mol. The highest BCUT2D eigenvalue weighted by molar-refractivity contribution is 5.87. The van der Waals surface area contributed by atoms with Gasteiger partial charge in [0.1, 0.15) is 0 Å². The van der Waals surface area contributed by atoms with Crippen molar-refractivity contribution >= 4 is 11.9 Å². The van der Waals surface area contributed by atoms with E-state index in [4.69, 9.17) is 5.11 Å². The van der Waals surface area contributed by atoms with Gasteiger partial charge in [-0.05, 0) is 37.0 Å². The van der Waals surface area contributed by atoms with E-state index in [1.54, 1.807) is 36.2 Å². The highest BCUT2D eigenvalue weighted by atomic mass is 16.4. The van der Waals surface area contributed by atoms with Gasteiger partial charge in [-0.25, -0.2) is 4.79 Å². The summed E-state index contributed by atoms with van der Waals surface area (Å²) in [6, 6.07) is 6.65. The lowest BCUT2D eigenvalue weighted by molar-refractivity contribution is -0.135. The number of hydrogen-bond acceptors (Lipinski definition) is 2. The van der Waals surface area contributed by atoms with E-state index < -0.39 is 5.97 Å². The van der Waals surface area contributed by atoms with Gasteiger partial charge >= 0.3 is 5.97 Å². The first kappa shape index (κ1) is 14.3. The van der Waals surface area contributed by atoms with Crippen LogP contribution in [0.4, 0.5) is 0 Å². The Morgan fingerprint density at radius 1 is 1.25 bits per heavy atom. The van der Waals surface area contributed by atoms with Crippen LogP contribution in [0.25, 0.3) is 0 Å². The summed E-state index contributed by atoms with van der Waals surface area (Å²) in [5.74, 6) is -0.685. The fourth-order valence-electron chi connectivity index (χ4n) is 2.43. The van der Waals surface area contributed by atoms with Gasteiger partial charge in [0.05, 0.1) is 5.56 Å². The van der Waals surface area contributed by atoms with Crippen molar-refractivity contribution in [1.82, 2.24) is 4.90 Å². The number of aromatic carboxylic acids is 1. The fraction of sp³-hybridized carbons (Fsp3) is 0.375. The standard InChI is InChI=1S/C16H19NO3/c1-17(15(18)13-5-3-2-4-6-13)11-12-7-9-14(10-8-12)16(19)20/h2-3,7-10,13H,4-6,11H2,1H3,(H,19,20). The number of carbonyl (C=O) groups excluding carboxylic acids is 1. The molecule has 1 aliphatic rings. The third-order valence-corrected chi connectivity index (χ3v) is 3.62. The maximum atomic E-state index is 12.3. The van der Waals surface area contributed by atoms with Gasteiger partial charge < -0.3 is 10.0 Å². The van der Waals surface area contributed by atoms with Crippen molar-refractivity contribution in [3.63, 3.8) is 0 Å². The minimum absolute atomic E-state index is 0.0864. The van der Waals surface area contributed by atoms with Crippen LogP contribution in [0.1, 0.15) is 35.2 Å². The van der Waals surface area contributed by atoms with Crippen molar-refractivity contribution in [2.45, 2.75) is 25.8 Å². The number of amides is 1. The van der Waals surface area contributed by atoms with Gasteiger partial charge in [-0.15, -0.1) is 0 Å². The summed E-state index contributed by atoms with van der Waals surface area (Å²) in [6.07, 6.45) is 6.90. The van der Waals surface area contributed by atoms with Crippen molar-refractivity contribution in [3.05, 3.63) is 47.5 Å². The molecule has 0 heterocycles. The monoisotopic (exact) mass is 273 g/mol. The minimum atomic E-state index is -0.935. The van der Waals surface area contributed by atoms with Gasteiger partial charge in [0, 0.05) is 19.5 Å². The molecule has 1 amide bonds. The Kier molecular flexibility index (Phi) is 4.56. The van der Waals surface area contributed by atoms with E-state index >= 15 is 0 Å². The molecule has 2 rings (SSSR count). The molecular formula is C16H19NO3. The first-order valence-electron chi connectivity index (χ1n) is 6.80. The summed E-state index contributed by atoms with van der Waals surface area (Å²) >= 11 is 0. The largest absolute Gasteiger partial charge is 0.478 e. The van der Waals surface area contributed by atoms with Gasteiger partial charge in [-0.1, -0.05) is 24.3 Å². The topological polar surface area (TPSA) is 57.6 Å². The molecule has 106 valence electrons. The number of carbonyl (C=O) groups is 2. The van der Waals surface area contributed by atoms with Crippen molar-refractivity contribution in [1.29, 1.82) is 0 Å². The average Bonchev–Trinajstić information content (AvgIpc) is 2.48. The number of benzene rings is 1. The van der Waals surface area contributed by atoms with Gasteiger partial charge in [0.15, 0.2) is 0 Å². The molecule has 4 nitrogen and oxygen atoms in total. The third-order valence-electron chi connectivity index (χ3n) is 3.62. The van der Waals surface area contributed by atoms with Crippen LogP contribution in [0.2, 0.25) is 0 Å². The molecule has 0 aromatic heterocycles. The number of rotatable bonds is 4. The van der Waals surface area contributed by atoms with E-state index in [2.05, 4.69) is 12.2 Å². The number of carboxylic acid groups (broad SMARTS) is 1. The Morgan fingerprint density at radius 2 is 1.95 bits per heavy atom. The predicted molar refractivity (Wildman–Crippen MR) is 76.4 cm³/mol. The Bertz CT molecular complexity index is 519. The normalized spacial score (nSPS) is 17.8. The molecule has 1 N–H and O–H groups in total. The second-order valence-corrected chi connectivity index (χ2v) is 5.18. The molecule has 1 atom stereocenters. The number of nitrogens with zero attached hydrogens (tertiary/aromatic N) is 1. The maximum absolute atomic E-state index is 12.3. The molecule has 0 radical (unpaired) electrons. The molecule has 1 aromatic rings. The lowest BCUT2D eigenvalue weighted by Gasteiger charge is -2.24. The lowest BCUT2D eigenvalue weighted by Crippen LogP contribution is -2.32. The van der Waals surface area contributed by atoms with Crippen LogP contribution in [-0.2, 0) is 11.3 Å². The summed E-state index contributed by atoms with van der Waals surface area (Å²) < 4.78 is 0. The summed E-state index contributed by atoms with van der Waals surface area (Å²) in [5.41, 5.74) is 1.21. The number of allylic oxidation sites excluding steroid dienone is 2. The van der Waals surface area contributed by atoms with Crippen molar-refractivity contribution < 1.29 is 14.7 Å². The summed E-state index contributed by atoms with van der Waals surface area (Å²) in [5, 5.41) is 8.85. The van der Waals surface area contributed by atoms with E-state index in [0.29, 0.717) is 6.54 Å². The summed E-state index contributed by atoms with van der Waals surface area (Å²) in [4.78, 5) is 24.8. The molecule has 20 heavy (non-hydrogen) atoms. The first-order valence-corrected chi connectivity index (χ1v) is 6.80. The van der Waals surface area contributed by atoms with Crippen LogP contribution >= 0.6 is 0 Å². The van der Waals surface area contributed by atoms with Crippen LogP contribution in [0, 0.1) is 5.92 Å². The second-order valence-electron chi connectivity index (χ2n) is 5.18. The zero-order valence-corrected chi connectivity index (χ0v) is 11.6. The zero-order valence-electron chi connectivity index (χ0n) is 11.6. The molecule has 1 unspecified atom stereocenters. The van der Waals surface area contributed by atoms with Crippen molar-refractivity contribution in [2.75, 3.05) is 7.05 Å². The Hall–Kier alpha value is -2.10. The van der Waals surface area contributed by atoms with Crippen LogP contribution in [0.3, 0.4) is 0 Å². The summed E-state index contributed by atoms with van der Waals surface area (Å²) in [6.45, 7) is 0.513. The van der Waals surface area contributed by atoms with E-state index in [1.807, 2.05) is 0 Å². The zero-order chi connectivity index (χ0) is 14.5. The van der Waals surface area contributed by atoms with Gasteiger partial charge in [0.2, 0.25) is 5.91 Å². The Labute approximate surface area is 118 Å². The van der Waals surface area contributed by atoms with Gasteiger partial charge in [-0.3, -0.25) is 4.79 Å². The molecule has 4 heteroatoms. The highest BCUT2D eigenvalue weighted by Gasteiger charge is 2.22. The molecule has 1 aromatic carbocycles. The minimum Gasteiger partial charge on any atom is -0.478 e. The lowest BCUT2D eigenvalue weighted by atomic mass is 9.93. The van der Waals surface area contributed by atoms with E-state index in [1.165, 1.54) is 0 Å². The molecule has 0 fully saturated rings. The quantitative estimate of drug-likeness (QED) is 0.858. The van der Waals surface area contributed by atoms with Crippen LogP contribution < -0.4 is 0 Å². The highest BCUT2D eigenvalue weighted by Crippen LogP contribution is 2.21. The molecule has 1 aliphatic carbocycles. The molecule has 0 spiro atoms. The Balaban J connectivity index is 1.96. The Morgan fingerprint density at radius 3 is 2.50 bits per heavy atom. The summed E-state index contributed by atoms with van der Waals surface area (Å²) in [7, 11) is 1.80. The van der Waals surface area contributed by atoms with Crippen molar-refractivity contribution in [3.8, 4) is 0 Å². The molecule has 0 saturated heterocycles. The van der Waals surface area contributed by atoms with Gasteiger partial charge in [-0.2, -0.15) is 0 Å². The van der Waals surface area contributed by atoms with E-state index in [-0.39, 0.29) is 17.4 Å². The van der Waals surface area contributed by atoms with Gasteiger partial charge in [0.25, 0.3) is 0 Å². The van der Waals surface area contributed by atoms with Crippen LogP contribution in [-0.4, -0.2) is 28.9 Å².